The molecule has 2 heterocycles. The van der Waals surface area contributed by atoms with E-state index in [1.54, 1.807) is 12.4 Å². The molecular formula is C10H15N3O2. The van der Waals surface area contributed by atoms with E-state index in [1.165, 1.54) is 10.9 Å². The molecule has 1 unspecified atom stereocenters. The van der Waals surface area contributed by atoms with Crippen LogP contribution in [0.3, 0.4) is 0 Å². The number of hydrogen-bond acceptors (Lipinski definition) is 4. The molecule has 0 spiro atoms. The molecule has 0 saturated carbocycles. The highest BCUT2D eigenvalue weighted by Crippen LogP contribution is 2.12. The van der Waals surface area contributed by atoms with Gasteiger partial charge in [0.15, 0.2) is 0 Å². The molecule has 1 atom stereocenters. The molecule has 1 fully saturated rings. The van der Waals surface area contributed by atoms with Crippen LogP contribution in [0.2, 0.25) is 0 Å². The van der Waals surface area contributed by atoms with Crippen molar-refractivity contribution in [3.8, 4) is 0 Å². The van der Waals surface area contributed by atoms with Gasteiger partial charge in [-0.25, -0.2) is 14.3 Å². The first-order valence-corrected chi connectivity index (χ1v) is 5.13. The number of ether oxygens (including phenoxy) is 1. The van der Waals surface area contributed by atoms with Crippen LogP contribution in [0.15, 0.2) is 18.7 Å². The first-order chi connectivity index (χ1) is 7.25. The second kappa shape index (κ2) is 4.44. The maximum atomic E-state index is 11.6. The van der Waals surface area contributed by atoms with Crippen LogP contribution in [-0.4, -0.2) is 46.8 Å². The Morgan fingerprint density at radius 2 is 2.47 bits per heavy atom. The molecule has 1 saturated heterocycles. The number of likely N-dealkylation sites (N-methyl/N-ethyl adjacent to an activating group) is 1. The number of carbonyl (C=O) groups excluding carboxylic acids is 1. The van der Waals surface area contributed by atoms with Gasteiger partial charge in [0.2, 0.25) is 0 Å². The molecule has 5 nitrogen and oxygen atoms in total. The molecule has 1 aromatic heterocycles. The zero-order valence-corrected chi connectivity index (χ0v) is 8.80. The molecule has 0 bridgehead atoms. The van der Waals surface area contributed by atoms with Crippen molar-refractivity contribution >= 4 is 6.09 Å². The molecule has 1 aliphatic rings. The third kappa shape index (κ3) is 2.56. The lowest BCUT2D eigenvalue weighted by atomic mass is 10.1. The maximum absolute atomic E-state index is 11.6. The van der Waals surface area contributed by atoms with Gasteiger partial charge in [0.05, 0.1) is 0 Å². The van der Waals surface area contributed by atoms with E-state index in [1.807, 2.05) is 7.05 Å². The van der Waals surface area contributed by atoms with E-state index in [2.05, 4.69) is 9.88 Å². The van der Waals surface area contributed by atoms with E-state index >= 15 is 0 Å². The summed E-state index contributed by atoms with van der Waals surface area (Å²) in [5, 5.41) is 0. The highest BCUT2D eigenvalue weighted by molar-refractivity contribution is 5.70. The molecule has 0 aliphatic carbocycles. The largest absolute Gasteiger partial charge is 0.444 e. The van der Waals surface area contributed by atoms with Crippen molar-refractivity contribution in [2.45, 2.75) is 18.9 Å². The Hall–Kier alpha value is -1.36. The zero-order valence-electron chi connectivity index (χ0n) is 8.80. The molecule has 0 aromatic carbocycles. The van der Waals surface area contributed by atoms with Crippen LogP contribution < -0.4 is 0 Å². The first-order valence-electron chi connectivity index (χ1n) is 5.13. The van der Waals surface area contributed by atoms with E-state index in [0.717, 1.165) is 25.9 Å². The minimum Gasteiger partial charge on any atom is -0.444 e. The van der Waals surface area contributed by atoms with Crippen LogP contribution in [-0.2, 0) is 4.74 Å². The van der Waals surface area contributed by atoms with Crippen LogP contribution in [0.25, 0.3) is 0 Å². The Kier molecular flexibility index (Phi) is 3.01. The topological polar surface area (TPSA) is 47.4 Å². The van der Waals surface area contributed by atoms with Crippen molar-refractivity contribution in [1.82, 2.24) is 14.5 Å². The van der Waals surface area contributed by atoms with E-state index in [9.17, 15) is 4.79 Å². The summed E-state index contributed by atoms with van der Waals surface area (Å²) in [7, 11) is 2.04. The zero-order chi connectivity index (χ0) is 10.7. The quantitative estimate of drug-likeness (QED) is 0.691. The minimum absolute atomic E-state index is 0.0126. The molecule has 0 radical (unpaired) electrons. The van der Waals surface area contributed by atoms with Crippen molar-refractivity contribution in [1.29, 1.82) is 0 Å². The van der Waals surface area contributed by atoms with Gasteiger partial charge in [0, 0.05) is 18.9 Å². The predicted molar refractivity (Wildman–Crippen MR) is 54.6 cm³/mol. The summed E-state index contributed by atoms with van der Waals surface area (Å²) in [5.74, 6) is 0. The molecule has 1 aromatic rings. The van der Waals surface area contributed by atoms with Crippen LogP contribution in [0.5, 0.6) is 0 Å². The average Bonchev–Trinajstić information content (AvgIpc) is 2.70. The molecule has 82 valence electrons. The summed E-state index contributed by atoms with van der Waals surface area (Å²) in [6, 6.07) is 0. The number of nitrogens with zero attached hydrogens (tertiary/aromatic N) is 3. The smallest absolute Gasteiger partial charge is 0.419 e. The molecule has 0 N–H and O–H groups in total. The van der Waals surface area contributed by atoms with E-state index in [4.69, 9.17) is 4.74 Å². The Bertz CT molecular complexity index is 323. The monoisotopic (exact) mass is 209 g/mol. The number of imidazole rings is 1. The van der Waals surface area contributed by atoms with Crippen LogP contribution in [0.4, 0.5) is 4.79 Å². The van der Waals surface area contributed by atoms with Crippen LogP contribution in [0, 0.1) is 0 Å². The molecule has 1 aliphatic heterocycles. The maximum Gasteiger partial charge on any atom is 0.419 e. The minimum atomic E-state index is -0.340. The van der Waals surface area contributed by atoms with E-state index in [0.29, 0.717) is 0 Å². The normalized spacial score (nSPS) is 22.6. The first kappa shape index (κ1) is 10.2. The fourth-order valence-corrected chi connectivity index (χ4v) is 1.79. The Morgan fingerprint density at radius 3 is 3.13 bits per heavy atom. The Labute approximate surface area is 88.7 Å². The lowest BCUT2D eigenvalue weighted by Gasteiger charge is -2.29. The number of aromatic nitrogens is 2. The molecule has 5 heteroatoms. The number of likely N-dealkylation sites (tertiary alicyclic amines) is 1. The van der Waals surface area contributed by atoms with E-state index in [-0.39, 0.29) is 12.2 Å². The van der Waals surface area contributed by atoms with Crippen molar-refractivity contribution in [3.05, 3.63) is 18.7 Å². The third-order valence-corrected chi connectivity index (χ3v) is 2.56. The summed E-state index contributed by atoms with van der Waals surface area (Å²) in [5.41, 5.74) is 0. The number of carbonyl (C=O) groups is 1. The van der Waals surface area contributed by atoms with Gasteiger partial charge in [0.25, 0.3) is 0 Å². The summed E-state index contributed by atoms with van der Waals surface area (Å²) >= 11 is 0. The number of rotatable bonds is 1. The van der Waals surface area contributed by atoms with Crippen LogP contribution >= 0.6 is 0 Å². The van der Waals surface area contributed by atoms with Crippen molar-refractivity contribution < 1.29 is 9.53 Å². The fraction of sp³-hybridized carbons (Fsp3) is 0.600. The molecule has 2 rings (SSSR count). The van der Waals surface area contributed by atoms with Gasteiger partial charge in [-0.2, -0.15) is 0 Å². The SMILES string of the molecule is CN1CCCC(OC(=O)n2ccnc2)C1. The predicted octanol–water partition coefficient (Wildman–Crippen LogP) is 0.962. The summed E-state index contributed by atoms with van der Waals surface area (Å²) in [4.78, 5) is 17.5. The lowest BCUT2D eigenvalue weighted by molar-refractivity contribution is 0.0516. The second-order valence-electron chi connectivity index (χ2n) is 3.88. The van der Waals surface area contributed by atoms with Crippen LogP contribution in [0.1, 0.15) is 12.8 Å². The lowest BCUT2D eigenvalue weighted by Crippen LogP contribution is -2.38. The van der Waals surface area contributed by atoms with E-state index < -0.39 is 0 Å². The van der Waals surface area contributed by atoms with Gasteiger partial charge in [-0.15, -0.1) is 0 Å². The highest BCUT2D eigenvalue weighted by Gasteiger charge is 2.21. The van der Waals surface area contributed by atoms with Crippen molar-refractivity contribution in [3.63, 3.8) is 0 Å². The fourth-order valence-electron chi connectivity index (χ4n) is 1.79. The Morgan fingerprint density at radius 1 is 1.60 bits per heavy atom. The van der Waals surface area contributed by atoms with Gasteiger partial charge in [0.1, 0.15) is 12.4 Å². The third-order valence-electron chi connectivity index (χ3n) is 2.56. The Balaban J connectivity index is 1.89. The summed E-state index contributed by atoms with van der Waals surface area (Å²) < 4.78 is 6.70. The number of piperidine rings is 1. The molecular weight excluding hydrogens is 194 g/mol. The van der Waals surface area contributed by atoms with Gasteiger partial charge in [-0.1, -0.05) is 0 Å². The summed E-state index contributed by atoms with van der Waals surface area (Å²) in [6.07, 6.45) is 6.31. The van der Waals surface area contributed by atoms with Gasteiger partial charge in [-0.3, -0.25) is 0 Å². The van der Waals surface area contributed by atoms with Gasteiger partial charge >= 0.3 is 6.09 Å². The molecule has 0 amide bonds. The summed E-state index contributed by atoms with van der Waals surface area (Å²) in [6.45, 7) is 1.90. The van der Waals surface area contributed by atoms with Gasteiger partial charge in [-0.05, 0) is 26.4 Å². The standard InChI is InChI=1S/C10H15N3O2/c1-12-5-2-3-9(7-12)15-10(14)13-6-4-11-8-13/h4,6,8-9H,2-3,5,7H2,1H3. The number of hydrogen-bond donors (Lipinski definition) is 0. The van der Waals surface area contributed by atoms with Gasteiger partial charge < -0.3 is 9.64 Å². The van der Waals surface area contributed by atoms with Crippen molar-refractivity contribution in [2.75, 3.05) is 20.1 Å². The highest BCUT2D eigenvalue weighted by atomic mass is 16.6. The second-order valence-corrected chi connectivity index (χ2v) is 3.88. The average molecular weight is 209 g/mol. The molecule has 15 heavy (non-hydrogen) atoms. The van der Waals surface area contributed by atoms with Crippen molar-refractivity contribution in [2.24, 2.45) is 0 Å².